The first-order valence-corrected chi connectivity index (χ1v) is 4.74. The summed E-state index contributed by atoms with van der Waals surface area (Å²) in [4.78, 5) is 10.7. The first-order valence-electron chi connectivity index (χ1n) is 3.93. The first kappa shape index (κ1) is 8.73. The molecule has 1 aromatic heterocycles. The third-order valence-electron chi connectivity index (χ3n) is 1.95. The summed E-state index contributed by atoms with van der Waals surface area (Å²) in [5.74, 6) is 0. The van der Waals surface area contributed by atoms with E-state index in [2.05, 4.69) is 0 Å². The fourth-order valence-corrected chi connectivity index (χ4v) is 2.18. The maximum Gasteiger partial charge on any atom is 0.151 e. The van der Waals surface area contributed by atoms with Gasteiger partial charge in [-0.15, -0.1) is 11.3 Å². The zero-order valence-corrected chi connectivity index (χ0v) is 7.97. The highest BCUT2D eigenvalue weighted by atomic mass is 32.1. The minimum Gasteiger partial charge on any atom is -0.391 e. The van der Waals surface area contributed by atoms with E-state index < -0.39 is 0 Å². The van der Waals surface area contributed by atoms with Gasteiger partial charge in [0.1, 0.15) is 0 Å². The normalized spacial score (nSPS) is 9.93. The van der Waals surface area contributed by atoms with Crippen LogP contribution in [0.2, 0.25) is 0 Å². The van der Waals surface area contributed by atoms with E-state index in [4.69, 9.17) is 11.0 Å². The number of nitrogen functional groups attached to an aromatic ring is 1. The third-order valence-corrected chi connectivity index (χ3v) is 2.88. The molecule has 0 atom stereocenters. The largest absolute Gasteiger partial charge is 0.391 e. The highest BCUT2D eigenvalue weighted by Crippen LogP contribution is 2.29. The van der Waals surface area contributed by atoms with E-state index in [-0.39, 0.29) is 0 Å². The third kappa shape index (κ3) is 1.24. The molecule has 0 bridgehead atoms. The minimum atomic E-state index is 0.394. The Labute approximate surface area is 84.4 Å². The lowest BCUT2D eigenvalue weighted by atomic mass is 10.1. The molecule has 4 heteroatoms. The van der Waals surface area contributed by atoms with Crippen LogP contribution in [0, 0.1) is 11.3 Å². The highest BCUT2D eigenvalue weighted by molar-refractivity contribution is 7.22. The monoisotopic (exact) mass is 202 g/mol. The molecule has 2 rings (SSSR count). The van der Waals surface area contributed by atoms with Crippen LogP contribution in [0.15, 0.2) is 18.2 Å². The number of hydrogen-bond acceptors (Lipinski definition) is 4. The number of anilines is 1. The van der Waals surface area contributed by atoms with Gasteiger partial charge in [0, 0.05) is 10.3 Å². The summed E-state index contributed by atoms with van der Waals surface area (Å²) in [5, 5.41) is 10.4. The van der Waals surface area contributed by atoms with Gasteiger partial charge in [0.15, 0.2) is 6.29 Å². The molecule has 0 saturated carbocycles. The van der Waals surface area contributed by atoms with Crippen LogP contribution in [-0.2, 0) is 0 Å². The van der Waals surface area contributed by atoms with Crippen LogP contribution in [0.3, 0.4) is 0 Å². The lowest BCUT2D eigenvalue weighted by molar-refractivity contribution is 0.112. The lowest BCUT2D eigenvalue weighted by Gasteiger charge is -1.94. The van der Waals surface area contributed by atoms with Gasteiger partial charge in [-0.3, -0.25) is 4.79 Å². The van der Waals surface area contributed by atoms with Crippen LogP contribution in [0.25, 0.3) is 10.1 Å². The number of hydrogen-bond donors (Lipinski definition) is 1. The van der Waals surface area contributed by atoms with Crippen molar-refractivity contribution in [1.82, 2.24) is 0 Å². The number of benzene rings is 1. The fraction of sp³-hybridized carbons (Fsp3) is 0. The van der Waals surface area contributed by atoms with E-state index in [9.17, 15) is 4.79 Å². The van der Waals surface area contributed by atoms with Crippen LogP contribution < -0.4 is 5.73 Å². The smallest absolute Gasteiger partial charge is 0.151 e. The van der Waals surface area contributed by atoms with Crippen LogP contribution in [0.4, 0.5) is 5.00 Å². The summed E-state index contributed by atoms with van der Waals surface area (Å²) in [6.45, 7) is 0. The van der Waals surface area contributed by atoms with Gasteiger partial charge >= 0.3 is 0 Å². The molecule has 1 heterocycles. The number of carbonyl (C=O) groups excluding carboxylic acids is 1. The maximum atomic E-state index is 10.7. The summed E-state index contributed by atoms with van der Waals surface area (Å²) >= 11 is 1.41. The summed E-state index contributed by atoms with van der Waals surface area (Å²) in [7, 11) is 0. The first-order chi connectivity index (χ1) is 6.74. The Bertz CT molecular complexity index is 551. The van der Waals surface area contributed by atoms with E-state index in [1.807, 2.05) is 6.07 Å². The molecule has 0 unspecified atom stereocenters. The highest BCUT2D eigenvalue weighted by Gasteiger charge is 2.05. The summed E-state index contributed by atoms with van der Waals surface area (Å²) < 4.78 is 0.934. The number of thiophene rings is 1. The summed E-state index contributed by atoms with van der Waals surface area (Å²) in [6, 6.07) is 7.16. The maximum absolute atomic E-state index is 10.7. The fourth-order valence-electron chi connectivity index (χ4n) is 1.32. The van der Waals surface area contributed by atoms with Crippen molar-refractivity contribution in [2.24, 2.45) is 0 Å². The van der Waals surface area contributed by atoms with E-state index >= 15 is 0 Å². The van der Waals surface area contributed by atoms with Crippen molar-refractivity contribution in [3.05, 3.63) is 29.3 Å². The van der Waals surface area contributed by atoms with Crippen LogP contribution in [0.5, 0.6) is 0 Å². The number of nitriles is 1. The lowest BCUT2D eigenvalue weighted by Crippen LogP contribution is -1.85. The molecule has 3 nitrogen and oxygen atoms in total. The number of nitrogens with zero attached hydrogens (tertiary/aromatic N) is 1. The molecule has 0 aliphatic rings. The summed E-state index contributed by atoms with van der Waals surface area (Å²) in [6.07, 6.45) is 0.688. The van der Waals surface area contributed by atoms with Crippen molar-refractivity contribution in [3.63, 3.8) is 0 Å². The molecule has 0 spiro atoms. The average molecular weight is 202 g/mol. The van der Waals surface area contributed by atoms with Gasteiger partial charge in [0.05, 0.1) is 16.6 Å². The molecule has 0 fully saturated rings. The van der Waals surface area contributed by atoms with Gasteiger partial charge in [0.2, 0.25) is 0 Å². The Morgan fingerprint density at radius 1 is 1.43 bits per heavy atom. The number of aldehydes is 1. The Kier molecular flexibility index (Phi) is 1.95. The van der Waals surface area contributed by atoms with Gasteiger partial charge in [-0.1, -0.05) is 0 Å². The second-order valence-electron chi connectivity index (χ2n) is 2.86. The van der Waals surface area contributed by atoms with Crippen molar-refractivity contribution in [3.8, 4) is 6.07 Å². The van der Waals surface area contributed by atoms with E-state index in [1.165, 1.54) is 11.3 Å². The standard InChI is InChI=1S/C10H6N2OS/c11-4-7-1-6-3-10(12)14-9(6)2-8(7)5-13/h1-3,5H,12H2. The van der Waals surface area contributed by atoms with Crippen molar-refractivity contribution in [1.29, 1.82) is 5.26 Å². The Morgan fingerprint density at radius 3 is 2.86 bits per heavy atom. The van der Waals surface area contributed by atoms with E-state index in [0.717, 1.165) is 10.1 Å². The topological polar surface area (TPSA) is 66.9 Å². The van der Waals surface area contributed by atoms with E-state index in [1.54, 1.807) is 18.2 Å². The van der Waals surface area contributed by atoms with Crippen molar-refractivity contribution >= 4 is 32.7 Å². The average Bonchev–Trinajstić information content (AvgIpc) is 2.54. The number of nitrogens with two attached hydrogens (primary N) is 1. The van der Waals surface area contributed by atoms with Gasteiger partial charge < -0.3 is 5.73 Å². The van der Waals surface area contributed by atoms with Crippen molar-refractivity contribution < 1.29 is 4.79 Å². The van der Waals surface area contributed by atoms with E-state index in [0.29, 0.717) is 22.4 Å². The molecule has 0 amide bonds. The number of rotatable bonds is 1. The molecule has 0 aliphatic carbocycles. The predicted molar refractivity (Wildman–Crippen MR) is 56.3 cm³/mol. The Hall–Kier alpha value is -1.86. The zero-order valence-electron chi connectivity index (χ0n) is 7.15. The quantitative estimate of drug-likeness (QED) is 0.720. The molecule has 68 valence electrons. The van der Waals surface area contributed by atoms with Gasteiger partial charge in [-0.25, -0.2) is 0 Å². The SMILES string of the molecule is N#Cc1cc2cc(N)sc2cc1C=O. The van der Waals surface area contributed by atoms with Crippen LogP contribution in [-0.4, -0.2) is 6.29 Å². The molecule has 1 aromatic carbocycles. The van der Waals surface area contributed by atoms with Crippen LogP contribution >= 0.6 is 11.3 Å². The molecule has 14 heavy (non-hydrogen) atoms. The second kappa shape index (κ2) is 3.13. The molecule has 0 aliphatic heterocycles. The predicted octanol–water partition coefficient (Wildman–Crippen LogP) is 2.17. The summed E-state index contributed by atoms with van der Waals surface area (Å²) in [5.41, 5.74) is 6.43. The Morgan fingerprint density at radius 2 is 2.21 bits per heavy atom. The number of fused-ring (bicyclic) bond motifs is 1. The molecule has 0 saturated heterocycles. The Balaban J connectivity index is 2.82. The zero-order chi connectivity index (χ0) is 10.1. The van der Waals surface area contributed by atoms with Gasteiger partial charge in [0.25, 0.3) is 0 Å². The molecule has 2 N–H and O–H groups in total. The van der Waals surface area contributed by atoms with Gasteiger partial charge in [-0.05, 0) is 23.6 Å². The molecule has 0 radical (unpaired) electrons. The van der Waals surface area contributed by atoms with Gasteiger partial charge in [-0.2, -0.15) is 5.26 Å². The number of carbonyl (C=O) groups is 1. The molecular formula is C10H6N2OS. The molecule has 2 aromatic rings. The van der Waals surface area contributed by atoms with Crippen molar-refractivity contribution in [2.75, 3.05) is 5.73 Å². The second-order valence-corrected chi connectivity index (χ2v) is 3.97. The van der Waals surface area contributed by atoms with Crippen molar-refractivity contribution in [2.45, 2.75) is 0 Å². The molecular weight excluding hydrogens is 196 g/mol. The minimum absolute atomic E-state index is 0.394. The van der Waals surface area contributed by atoms with Crippen LogP contribution in [0.1, 0.15) is 15.9 Å².